The fraction of sp³-hybridized carbons (Fsp3) is 0.500. The molecule has 88 valence electrons. The smallest absolute Gasteiger partial charge is 0.146 e. The maximum Gasteiger partial charge on any atom is 0.146 e. The molecule has 0 aromatic heterocycles. The Morgan fingerprint density at radius 1 is 1.12 bits per heavy atom. The average molecular weight is 219 g/mol. The second-order valence-corrected chi connectivity index (χ2v) is 4.63. The first-order chi connectivity index (χ1) is 7.52. The molecule has 2 atom stereocenters. The van der Waals surface area contributed by atoms with Crippen LogP contribution in [0.1, 0.15) is 39.3 Å². The van der Waals surface area contributed by atoms with Crippen molar-refractivity contribution in [3.63, 3.8) is 0 Å². The molecule has 1 aromatic rings. The number of carbonyl (C=O) groups excluding carboxylic acids is 1. The number of carbonyl (C=O) groups is 1. The summed E-state index contributed by atoms with van der Waals surface area (Å²) in [6.07, 6.45) is 0. The Bertz CT molecular complexity index is 332. The Labute approximate surface area is 98.1 Å². The van der Waals surface area contributed by atoms with E-state index in [9.17, 15) is 4.79 Å². The number of Topliss-reactive ketones (excluding diaryl/α,β-unsaturated/α-hetero) is 1. The summed E-state index contributed by atoms with van der Waals surface area (Å²) in [5, 5.41) is 3.38. The third-order valence-electron chi connectivity index (χ3n) is 2.83. The van der Waals surface area contributed by atoms with Crippen molar-refractivity contribution in [3.8, 4) is 0 Å². The SMILES string of the molecule is CC(=O)[C@@H](N[C@H](C)c1ccccc1)C(C)C. The molecule has 2 nitrogen and oxygen atoms in total. The highest BCUT2D eigenvalue weighted by Crippen LogP contribution is 2.14. The Balaban J connectivity index is 2.69. The van der Waals surface area contributed by atoms with Crippen LogP contribution in [0, 0.1) is 5.92 Å². The number of nitrogens with one attached hydrogen (secondary N) is 1. The predicted molar refractivity (Wildman–Crippen MR) is 67.3 cm³/mol. The van der Waals surface area contributed by atoms with Crippen LogP contribution in [-0.2, 0) is 4.79 Å². The Hall–Kier alpha value is -1.15. The van der Waals surface area contributed by atoms with E-state index in [-0.39, 0.29) is 17.9 Å². The zero-order valence-electron chi connectivity index (χ0n) is 10.5. The van der Waals surface area contributed by atoms with E-state index in [1.54, 1.807) is 6.92 Å². The molecule has 1 rings (SSSR count). The van der Waals surface area contributed by atoms with Crippen LogP contribution in [0.3, 0.4) is 0 Å². The molecule has 0 aliphatic carbocycles. The standard InChI is InChI=1S/C14H21NO/c1-10(2)14(12(4)16)15-11(3)13-8-6-5-7-9-13/h5-11,14-15H,1-4H3/t11-,14+/m1/s1. The van der Waals surface area contributed by atoms with Gasteiger partial charge in [0.15, 0.2) is 0 Å². The molecule has 0 bridgehead atoms. The van der Waals surface area contributed by atoms with E-state index in [2.05, 4.69) is 38.2 Å². The summed E-state index contributed by atoms with van der Waals surface area (Å²) in [6.45, 7) is 7.87. The highest BCUT2D eigenvalue weighted by molar-refractivity contribution is 5.81. The Kier molecular flexibility index (Phi) is 4.69. The summed E-state index contributed by atoms with van der Waals surface area (Å²) in [5.74, 6) is 0.529. The maximum absolute atomic E-state index is 11.5. The topological polar surface area (TPSA) is 29.1 Å². The highest BCUT2D eigenvalue weighted by atomic mass is 16.1. The van der Waals surface area contributed by atoms with Gasteiger partial charge in [0.1, 0.15) is 5.78 Å². The van der Waals surface area contributed by atoms with E-state index in [1.807, 2.05) is 18.2 Å². The van der Waals surface area contributed by atoms with Crippen molar-refractivity contribution in [2.75, 3.05) is 0 Å². The molecule has 0 unspecified atom stereocenters. The summed E-state index contributed by atoms with van der Waals surface area (Å²) in [6, 6.07) is 10.3. The van der Waals surface area contributed by atoms with Crippen LogP contribution in [0.5, 0.6) is 0 Å². The number of ketones is 1. The molecule has 1 N–H and O–H groups in total. The zero-order valence-corrected chi connectivity index (χ0v) is 10.5. The normalized spacial score (nSPS) is 14.8. The van der Waals surface area contributed by atoms with Gasteiger partial charge in [0.05, 0.1) is 6.04 Å². The second kappa shape index (κ2) is 5.80. The van der Waals surface area contributed by atoms with Gasteiger partial charge in [0, 0.05) is 6.04 Å². The van der Waals surface area contributed by atoms with Crippen LogP contribution in [0.4, 0.5) is 0 Å². The summed E-state index contributed by atoms with van der Waals surface area (Å²) in [5.41, 5.74) is 1.22. The lowest BCUT2D eigenvalue weighted by atomic mass is 9.98. The highest BCUT2D eigenvalue weighted by Gasteiger charge is 2.20. The van der Waals surface area contributed by atoms with E-state index in [0.717, 1.165) is 0 Å². The lowest BCUT2D eigenvalue weighted by molar-refractivity contribution is -0.120. The number of hydrogen-bond acceptors (Lipinski definition) is 2. The minimum absolute atomic E-state index is 0.0600. The van der Waals surface area contributed by atoms with Gasteiger partial charge in [-0.2, -0.15) is 0 Å². The van der Waals surface area contributed by atoms with Crippen LogP contribution >= 0.6 is 0 Å². The first-order valence-corrected chi connectivity index (χ1v) is 5.83. The predicted octanol–water partition coefficient (Wildman–Crippen LogP) is 2.95. The van der Waals surface area contributed by atoms with Crippen LogP contribution in [0.15, 0.2) is 30.3 Å². The lowest BCUT2D eigenvalue weighted by Crippen LogP contribution is -2.41. The van der Waals surface area contributed by atoms with Gasteiger partial charge in [0.2, 0.25) is 0 Å². The second-order valence-electron chi connectivity index (χ2n) is 4.63. The quantitative estimate of drug-likeness (QED) is 0.825. The van der Waals surface area contributed by atoms with E-state index < -0.39 is 0 Å². The van der Waals surface area contributed by atoms with Gasteiger partial charge in [0.25, 0.3) is 0 Å². The first kappa shape index (κ1) is 12.9. The molecular formula is C14H21NO. The van der Waals surface area contributed by atoms with E-state index in [0.29, 0.717) is 5.92 Å². The van der Waals surface area contributed by atoms with E-state index in [4.69, 9.17) is 0 Å². The van der Waals surface area contributed by atoms with Crippen LogP contribution < -0.4 is 5.32 Å². The minimum atomic E-state index is -0.0600. The van der Waals surface area contributed by atoms with Crippen LogP contribution in [0.25, 0.3) is 0 Å². The molecule has 0 spiro atoms. The van der Waals surface area contributed by atoms with Crippen LogP contribution in [-0.4, -0.2) is 11.8 Å². The van der Waals surface area contributed by atoms with Crippen molar-refractivity contribution in [3.05, 3.63) is 35.9 Å². The number of hydrogen-bond donors (Lipinski definition) is 1. The van der Waals surface area contributed by atoms with E-state index >= 15 is 0 Å². The first-order valence-electron chi connectivity index (χ1n) is 5.83. The molecule has 0 aliphatic heterocycles. The summed E-state index contributed by atoms with van der Waals surface area (Å²) in [4.78, 5) is 11.5. The fourth-order valence-electron chi connectivity index (χ4n) is 1.89. The summed E-state index contributed by atoms with van der Waals surface area (Å²) >= 11 is 0. The van der Waals surface area contributed by atoms with Gasteiger partial charge in [-0.15, -0.1) is 0 Å². The van der Waals surface area contributed by atoms with Crippen molar-refractivity contribution < 1.29 is 4.79 Å². The average Bonchev–Trinajstić information content (AvgIpc) is 2.25. The lowest BCUT2D eigenvalue weighted by Gasteiger charge is -2.24. The molecule has 16 heavy (non-hydrogen) atoms. The molecule has 0 saturated carbocycles. The molecule has 1 aromatic carbocycles. The zero-order chi connectivity index (χ0) is 12.1. The summed E-state index contributed by atoms with van der Waals surface area (Å²) in [7, 11) is 0. The van der Waals surface area contributed by atoms with Crippen molar-refractivity contribution in [1.29, 1.82) is 0 Å². The molecule has 0 fully saturated rings. The van der Waals surface area contributed by atoms with Crippen molar-refractivity contribution in [2.45, 2.75) is 39.8 Å². The number of rotatable bonds is 5. The Morgan fingerprint density at radius 3 is 2.12 bits per heavy atom. The molecular weight excluding hydrogens is 198 g/mol. The van der Waals surface area contributed by atoms with Gasteiger partial charge in [-0.1, -0.05) is 44.2 Å². The van der Waals surface area contributed by atoms with Gasteiger partial charge >= 0.3 is 0 Å². The van der Waals surface area contributed by atoms with Gasteiger partial charge in [-0.25, -0.2) is 0 Å². The third-order valence-corrected chi connectivity index (χ3v) is 2.83. The van der Waals surface area contributed by atoms with E-state index in [1.165, 1.54) is 5.56 Å². The Morgan fingerprint density at radius 2 is 1.69 bits per heavy atom. The van der Waals surface area contributed by atoms with Gasteiger partial charge in [-0.3, -0.25) is 4.79 Å². The molecule has 0 heterocycles. The molecule has 2 heteroatoms. The fourth-order valence-corrected chi connectivity index (χ4v) is 1.89. The summed E-state index contributed by atoms with van der Waals surface area (Å²) < 4.78 is 0. The van der Waals surface area contributed by atoms with Crippen molar-refractivity contribution >= 4 is 5.78 Å². The van der Waals surface area contributed by atoms with Crippen molar-refractivity contribution in [2.24, 2.45) is 5.92 Å². The third kappa shape index (κ3) is 3.46. The van der Waals surface area contributed by atoms with Crippen molar-refractivity contribution in [1.82, 2.24) is 5.32 Å². The molecule has 0 amide bonds. The monoisotopic (exact) mass is 219 g/mol. The van der Waals surface area contributed by atoms with Crippen LogP contribution in [0.2, 0.25) is 0 Å². The van der Waals surface area contributed by atoms with Gasteiger partial charge < -0.3 is 5.32 Å². The van der Waals surface area contributed by atoms with Gasteiger partial charge in [-0.05, 0) is 25.3 Å². The largest absolute Gasteiger partial charge is 0.301 e. The molecule has 0 aliphatic rings. The maximum atomic E-state index is 11.5. The minimum Gasteiger partial charge on any atom is -0.301 e. The molecule has 0 saturated heterocycles. The molecule has 0 radical (unpaired) electrons. The number of benzene rings is 1.